The molecule has 1 aromatic rings. The van der Waals surface area contributed by atoms with Crippen LogP contribution in [0.4, 0.5) is 4.39 Å². The lowest BCUT2D eigenvalue weighted by atomic mass is 9.98. The number of aryl methyl sites for hydroxylation is 1. The SMILES string of the molecule is CCc1cc(C(C)CO)cc(Cl)c1F. The number of aliphatic hydroxyl groups excluding tert-OH is 1. The Morgan fingerprint density at radius 1 is 1.50 bits per heavy atom. The van der Waals surface area contributed by atoms with Crippen molar-refractivity contribution in [1.29, 1.82) is 0 Å². The van der Waals surface area contributed by atoms with Crippen molar-refractivity contribution < 1.29 is 9.50 Å². The van der Waals surface area contributed by atoms with Crippen molar-refractivity contribution in [3.8, 4) is 0 Å². The van der Waals surface area contributed by atoms with Crippen molar-refractivity contribution in [2.75, 3.05) is 6.61 Å². The van der Waals surface area contributed by atoms with E-state index in [0.717, 1.165) is 5.56 Å². The van der Waals surface area contributed by atoms with Gasteiger partial charge in [0.1, 0.15) is 5.82 Å². The summed E-state index contributed by atoms with van der Waals surface area (Å²) in [4.78, 5) is 0. The molecule has 0 aromatic heterocycles. The van der Waals surface area contributed by atoms with E-state index in [2.05, 4.69) is 0 Å². The maximum absolute atomic E-state index is 13.4. The predicted octanol–water partition coefficient (Wildman–Crippen LogP) is 3.14. The minimum Gasteiger partial charge on any atom is -0.396 e. The van der Waals surface area contributed by atoms with Gasteiger partial charge >= 0.3 is 0 Å². The minimum absolute atomic E-state index is 0.00148. The van der Waals surface area contributed by atoms with Crippen LogP contribution in [-0.2, 0) is 6.42 Å². The van der Waals surface area contributed by atoms with Gasteiger partial charge in [0.2, 0.25) is 0 Å². The molecule has 0 radical (unpaired) electrons. The summed E-state index contributed by atoms with van der Waals surface area (Å²) < 4.78 is 13.4. The predicted molar refractivity (Wildman–Crippen MR) is 56.3 cm³/mol. The van der Waals surface area contributed by atoms with Crippen LogP contribution in [0, 0.1) is 5.82 Å². The fourth-order valence-electron chi connectivity index (χ4n) is 1.32. The van der Waals surface area contributed by atoms with Crippen molar-refractivity contribution >= 4 is 11.6 Å². The highest BCUT2D eigenvalue weighted by Gasteiger charge is 2.11. The molecule has 0 saturated heterocycles. The van der Waals surface area contributed by atoms with Crippen LogP contribution in [0.5, 0.6) is 0 Å². The van der Waals surface area contributed by atoms with Crippen LogP contribution in [0.3, 0.4) is 0 Å². The lowest BCUT2D eigenvalue weighted by molar-refractivity contribution is 0.273. The number of halogens is 2. The molecule has 1 N–H and O–H groups in total. The van der Waals surface area contributed by atoms with Crippen LogP contribution < -0.4 is 0 Å². The fourth-order valence-corrected chi connectivity index (χ4v) is 1.56. The Morgan fingerprint density at radius 2 is 2.14 bits per heavy atom. The van der Waals surface area contributed by atoms with E-state index in [4.69, 9.17) is 16.7 Å². The summed E-state index contributed by atoms with van der Waals surface area (Å²) in [6.07, 6.45) is 0.609. The third-order valence-electron chi connectivity index (χ3n) is 2.35. The smallest absolute Gasteiger partial charge is 0.144 e. The third-order valence-corrected chi connectivity index (χ3v) is 2.62. The van der Waals surface area contributed by atoms with Crippen LogP contribution in [0.25, 0.3) is 0 Å². The highest BCUT2D eigenvalue weighted by atomic mass is 35.5. The molecule has 1 unspecified atom stereocenters. The van der Waals surface area contributed by atoms with Crippen molar-refractivity contribution in [1.82, 2.24) is 0 Å². The van der Waals surface area contributed by atoms with Crippen molar-refractivity contribution in [3.05, 3.63) is 34.1 Å². The number of hydrogen-bond acceptors (Lipinski definition) is 1. The molecular weight excluding hydrogens is 203 g/mol. The Morgan fingerprint density at radius 3 is 2.64 bits per heavy atom. The Bertz CT molecular complexity index is 325. The number of aliphatic hydroxyl groups is 1. The van der Waals surface area contributed by atoms with Crippen LogP contribution in [0.1, 0.15) is 30.9 Å². The van der Waals surface area contributed by atoms with E-state index < -0.39 is 0 Å². The van der Waals surface area contributed by atoms with E-state index in [1.807, 2.05) is 13.8 Å². The summed E-state index contributed by atoms with van der Waals surface area (Å²) in [5.41, 5.74) is 1.49. The van der Waals surface area contributed by atoms with Crippen LogP contribution in [-0.4, -0.2) is 11.7 Å². The molecule has 78 valence electrons. The minimum atomic E-state index is -0.344. The highest BCUT2D eigenvalue weighted by Crippen LogP contribution is 2.25. The van der Waals surface area contributed by atoms with E-state index in [0.29, 0.717) is 12.0 Å². The molecule has 1 atom stereocenters. The van der Waals surface area contributed by atoms with Gasteiger partial charge in [0.25, 0.3) is 0 Å². The second kappa shape index (κ2) is 4.76. The zero-order chi connectivity index (χ0) is 10.7. The summed E-state index contributed by atoms with van der Waals surface area (Å²) in [5.74, 6) is -0.346. The van der Waals surface area contributed by atoms with Crippen LogP contribution in [0.15, 0.2) is 12.1 Å². The third kappa shape index (κ3) is 2.25. The van der Waals surface area contributed by atoms with Crippen molar-refractivity contribution in [2.45, 2.75) is 26.2 Å². The van der Waals surface area contributed by atoms with Gasteiger partial charge in [-0.3, -0.25) is 0 Å². The molecule has 0 bridgehead atoms. The molecule has 0 aliphatic rings. The molecule has 0 amide bonds. The zero-order valence-corrected chi connectivity index (χ0v) is 9.11. The molecule has 0 aliphatic carbocycles. The first-order valence-electron chi connectivity index (χ1n) is 4.68. The van der Waals surface area contributed by atoms with E-state index >= 15 is 0 Å². The van der Waals surface area contributed by atoms with Gasteiger partial charge in [0.05, 0.1) is 5.02 Å². The standard InChI is InChI=1S/C11H14ClFO/c1-3-8-4-9(7(2)6-14)5-10(12)11(8)13/h4-5,7,14H,3,6H2,1-2H3. The maximum atomic E-state index is 13.4. The first kappa shape index (κ1) is 11.5. The monoisotopic (exact) mass is 216 g/mol. The molecule has 0 aliphatic heterocycles. The molecule has 14 heavy (non-hydrogen) atoms. The van der Waals surface area contributed by atoms with Gasteiger partial charge in [0, 0.05) is 12.5 Å². The van der Waals surface area contributed by atoms with Gasteiger partial charge in [-0.2, -0.15) is 0 Å². The molecule has 3 heteroatoms. The molecule has 1 aromatic carbocycles. The summed E-state index contributed by atoms with van der Waals surface area (Å²) in [6, 6.07) is 3.35. The summed E-state index contributed by atoms with van der Waals surface area (Å²) in [6.45, 7) is 3.80. The Balaban J connectivity index is 3.16. The number of benzene rings is 1. The molecule has 0 spiro atoms. The molecular formula is C11H14ClFO. The molecule has 0 heterocycles. The maximum Gasteiger partial charge on any atom is 0.144 e. The molecule has 0 saturated carbocycles. The Hall–Kier alpha value is -0.600. The first-order chi connectivity index (χ1) is 6.60. The van der Waals surface area contributed by atoms with Crippen molar-refractivity contribution in [2.24, 2.45) is 0 Å². The zero-order valence-electron chi connectivity index (χ0n) is 8.35. The van der Waals surface area contributed by atoms with Crippen molar-refractivity contribution in [3.63, 3.8) is 0 Å². The van der Waals surface area contributed by atoms with Gasteiger partial charge in [-0.1, -0.05) is 31.5 Å². The number of rotatable bonds is 3. The Labute approximate surface area is 88.5 Å². The van der Waals surface area contributed by atoms with Gasteiger partial charge in [0.15, 0.2) is 0 Å². The van der Waals surface area contributed by atoms with E-state index in [1.165, 1.54) is 0 Å². The summed E-state index contributed by atoms with van der Waals surface area (Å²) in [5, 5.41) is 9.11. The van der Waals surface area contributed by atoms with Gasteiger partial charge < -0.3 is 5.11 Å². The topological polar surface area (TPSA) is 20.2 Å². The fraction of sp³-hybridized carbons (Fsp3) is 0.455. The molecule has 1 rings (SSSR count). The van der Waals surface area contributed by atoms with E-state index in [-0.39, 0.29) is 23.4 Å². The Kier molecular flexibility index (Phi) is 3.90. The lowest BCUT2D eigenvalue weighted by Crippen LogP contribution is -2.01. The lowest BCUT2D eigenvalue weighted by Gasteiger charge is -2.11. The average Bonchev–Trinajstić information content (AvgIpc) is 2.20. The number of hydrogen-bond donors (Lipinski definition) is 1. The first-order valence-corrected chi connectivity index (χ1v) is 5.06. The van der Waals surface area contributed by atoms with Crippen LogP contribution in [0.2, 0.25) is 5.02 Å². The van der Waals surface area contributed by atoms with E-state index in [9.17, 15) is 4.39 Å². The summed E-state index contributed by atoms with van der Waals surface area (Å²) >= 11 is 5.74. The van der Waals surface area contributed by atoms with Crippen LogP contribution >= 0.6 is 11.6 Å². The van der Waals surface area contributed by atoms with Gasteiger partial charge in [-0.05, 0) is 23.6 Å². The van der Waals surface area contributed by atoms with Gasteiger partial charge in [-0.15, -0.1) is 0 Å². The highest BCUT2D eigenvalue weighted by molar-refractivity contribution is 6.30. The second-order valence-electron chi connectivity index (χ2n) is 3.41. The largest absolute Gasteiger partial charge is 0.396 e. The van der Waals surface area contributed by atoms with Gasteiger partial charge in [-0.25, -0.2) is 4.39 Å². The molecule has 1 nitrogen and oxygen atoms in total. The average molecular weight is 217 g/mol. The van der Waals surface area contributed by atoms with E-state index in [1.54, 1.807) is 12.1 Å². The summed E-state index contributed by atoms with van der Waals surface area (Å²) in [7, 11) is 0. The second-order valence-corrected chi connectivity index (χ2v) is 3.82. The molecule has 0 fully saturated rings. The normalized spacial score (nSPS) is 12.9. The quantitative estimate of drug-likeness (QED) is 0.823.